The van der Waals surface area contributed by atoms with E-state index < -0.39 is 0 Å². The molecule has 0 aliphatic heterocycles. The van der Waals surface area contributed by atoms with Gasteiger partial charge in [0.05, 0.1) is 11.9 Å². The zero-order valence-corrected chi connectivity index (χ0v) is 18.1. The van der Waals surface area contributed by atoms with Crippen LogP contribution in [0.15, 0.2) is 64.4 Å². The van der Waals surface area contributed by atoms with Gasteiger partial charge in [0, 0.05) is 17.9 Å². The average molecular weight is 439 g/mol. The molecule has 0 unspecified atom stereocenters. The van der Waals surface area contributed by atoms with Gasteiger partial charge in [0.2, 0.25) is 5.82 Å². The van der Waals surface area contributed by atoms with Crippen LogP contribution >= 0.6 is 23.1 Å². The van der Waals surface area contributed by atoms with Gasteiger partial charge in [0.25, 0.3) is 5.56 Å². The lowest BCUT2D eigenvalue weighted by Gasteiger charge is -2.09. The van der Waals surface area contributed by atoms with E-state index in [0.717, 1.165) is 47.1 Å². The highest BCUT2D eigenvalue weighted by molar-refractivity contribution is 7.99. The third-order valence-corrected chi connectivity index (χ3v) is 6.45. The lowest BCUT2D eigenvalue weighted by Crippen LogP contribution is -2.22. The molecule has 4 rings (SSSR count). The van der Waals surface area contributed by atoms with Gasteiger partial charge < -0.3 is 0 Å². The predicted molar refractivity (Wildman–Crippen MR) is 122 cm³/mol. The van der Waals surface area contributed by atoms with Gasteiger partial charge in [-0.15, -0.1) is 28.1 Å². The first kappa shape index (κ1) is 20.5. The van der Waals surface area contributed by atoms with Crippen LogP contribution in [0, 0.1) is 0 Å². The summed E-state index contributed by atoms with van der Waals surface area (Å²) in [6.07, 6.45) is 4.78. The molecule has 0 fully saturated rings. The van der Waals surface area contributed by atoms with Gasteiger partial charge in [-0.1, -0.05) is 54.6 Å². The minimum atomic E-state index is 0.00938. The standard InChI is InChI=1S/C21H22N6OS2/c1-2-12-26-20(28)17-11-15-29-19(17)22-21(26)30-14-8-4-7-13-27-24-18(23-25-27)16-9-5-3-6-10-16/h2-3,5-6,9-11,15H,1,4,7-8,12-14H2. The fraction of sp³-hybridized carbons (Fsp3) is 0.286. The molecule has 1 aromatic carbocycles. The molecule has 0 aliphatic rings. The topological polar surface area (TPSA) is 78.5 Å². The zero-order chi connectivity index (χ0) is 20.8. The number of aryl methyl sites for hydroxylation is 1. The summed E-state index contributed by atoms with van der Waals surface area (Å²) in [5.74, 6) is 1.56. The summed E-state index contributed by atoms with van der Waals surface area (Å²) in [6.45, 7) is 4.98. The molecule has 0 radical (unpaired) electrons. The minimum Gasteiger partial charge on any atom is -0.283 e. The predicted octanol–water partition coefficient (Wildman–Crippen LogP) is 4.26. The van der Waals surface area contributed by atoms with Crippen LogP contribution in [0.4, 0.5) is 0 Å². The number of tetrazole rings is 1. The Morgan fingerprint density at radius 2 is 2.00 bits per heavy atom. The molecule has 0 spiro atoms. The maximum Gasteiger partial charge on any atom is 0.263 e. The molecule has 0 N–H and O–H groups in total. The van der Waals surface area contributed by atoms with Crippen molar-refractivity contribution < 1.29 is 0 Å². The number of rotatable bonds is 10. The Kier molecular flexibility index (Phi) is 6.70. The normalized spacial score (nSPS) is 11.2. The molecule has 3 aromatic heterocycles. The molecule has 4 aromatic rings. The number of hydrogen-bond acceptors (Lipinski definition) is 7. The summed E-state index contributed by atoms with van der Waals surface area (Å²) >= 11 is 3.13. The lowest BCUT2D eigenvalue weighted by atomic mass is 10.2. The number of thiophene rings is 1. The Labute approximate surface area is 182 Å². The molecule has 0 atom stereocenters. The van der Waals surface area contributed by atoms with E-state index in [0.29, 0.717) is 17.8 Å². The molecule has 0 saturated heterocycles. The van der Waals surface area contributed by atoms with Crippen LogP contribution in [-0.2, 0) is 13.1 Å². The monoisotopic (exact) mass is 438 g/mol. The van der Waals surface area contributed by atoms with Gasteiger partial charge in [-0.3, -0.25) is 9.36 Å². The molecule has 9 heteroatoms. The Balaban J connectivity index is 1.27. The molecular formula is C21H22N6OS2. The van der Waals surface area contributed by atoms with Crippen molar-refractivity contribution in [1.82, 2.24) is 29.8 Å². The van der Waals surface area contributed by atoms with E-state index >= 15 is 0 Å². The first-order chi connectivity index (χ1) is 14.8. The molecule has 3 heterocycles. The summed E-state index contributed by atoms with van der Waals surface area (Å²) < 4.78 is 1.71. The first-order valence-corrected chi connectivity index (χ1v) is 11.7. The largest absolute Gasteiger partial charge is 0.283 e. The molecule has 0 saturated carbocycles. The molecule has 0 bridgehead atoms. The molecule has 0 amide bonds. The van der Waals surface area contributed by atoms with Crippen molar-refractivity contribution in [3.63, 3.8) is 0 Å². The third kappa shape index (κ3) is 4.68. The second-order valence-electron chi connectivity index (χ2n) is 6.72. The summed E-state index contributed by atoms with van der Waals surface area (Å²) in [7, 11) is 0. The van der Waals surface area contributed by atoms with E-state index in [1.165, 1.54) is 11.3 Å². The van der Waals surface area contributed by atoms with Crippen molar-refractivity contribution in [2.24, 2.45) is 0 Å². The fourth-order valence-electron chi connectivity index (χ4n) is 3.07. The number of allylic oxidation sites excluding steroid dienone is 1. The quantitative estimate of drug-likeness (QED) is 0.159. The summed E-state index contributed by atoms with van der Waals surface area (Å²) in [6, 6.07) is 11.7. The van der Waals surface area contributed by atoms with E-state index in [-0.39, 0.29) is 5.56 Å². The second kappa shape index (κ2) is 9.82. The van der Waals surface area contributed by atoms with Gasteiger partial charge in [-0.2, -0.15) is 4.80 Å². The summed E-state index contributed by atoms with van der Waals surface area (Å²) in [5, 5.41) is 16.1. The van der Waals surface area contributed by atoms with Crippen molar-refractivity contribution in [2.45, 2.75) is 37.5 Å². The third-order valence-electron chi connectivity index (χ3n) is 4.58. The number of benzene rings is 1. The SMILES string of the molecule is C=CCn1c(SCCCCCn2nnc(-c3ccccc3)n2)nc2sccc2c1=O. The Hall–Kier alpha value is -2.78. The van der Waals surface area contributed by atoms with Crippen molar-refractivity contribution in [3.8, 4) is 11.4 Å². The molecule has 0 aliphatic carbocycles. The van der Waals surface area contributed by atoms with Crippen LogP contribution in [0.1, 0.15) is 19.3 Å². The van der Waals surface area contributed by atoms with Crippen LogP contribution in [-0.4, -0.2) is 35.5 Å². The van der Waals surface area contributed by atoms with Crippen molar-refractivity contribution >= 4 is 33.3 Å². The van der Waals surface area contributed by atoms with E-state index in [2.05, 4.69) is 27.0 Å². The number of unbranched alkanes of at least 4 members (excludes halogenated alkanes) is 2. The number of nitrogens with zero attached hydrogens (tertiary/aromatic N) is 6. The van der Waals surface area contributed by atoms with Crippen LogP contribution in [0.5, 0.6) is 0 Å². The van der Waals surface area contributed by atoms with Crippen LogP contribution in [0.3, 0.4) is 0 Å². The second-order valence-corrected chi connectivity index (χ2v) is 8.68. The van der Waals surface area contributed by atoms with Gasteiger partial charge >= 0.3 is 0 Å². The van der Waals surface area contributed by atoms with Crippen molar-refractivity contribution in [1.29, 1.82) is 0 Å². The highest BCUT2D eigenvalue weighted by atomic mass is 32.2. The first-order valence-electron chi connectivity index (χ1n) is 9.81. The van der Waals surface area contributed by atoms with Gasteiger partial charge in [0.1, 0.15) is 4.83 Å². The fourth-order valence-corrected chi connectivity index (χ4v) is 4.88. The number of fused-ring (bicyclic) bond motifs is 1. The van der Waals surface area contributed by atoms with E-state index in [1.807, 2.05) is 41.8 Å². The maximum atomic E-state index is 12.6. The average Bonchev–Trinajstić information content (AvgIpc) is 3.43. The van der Waals surface area contributed by atoms with Crippen LogP contribution in [0.2, 0.25) is 0 Å². The smallest absolute Gasteiger partial charge is 0.263 e. The lowest BCUT2D eigenvalue weighted by molar-refractivity contribution is 0.486. The Morgan fingerprint density at radius 3 is 2.83 bits per heavy atom. The van der Waals surface area contributed by atoms with E-state index in [1.54, 1.807) is 27.2 Å². The van der Waals surface area contributed by atoms with Crippen LogP contribution < -0.4 is 5.56 Å². The van der Waals surface area contributed by atoms with Gasteiger partial charge in [0.15, 0.2) is 5.16 Å². The Bertz CT molecular complexity index is 1180. The molecule has 154 valence electrons. The van der Waals surface area contributed by atoms with Gasteiger partial charge in [-0.05, 0) is 29.5 Å². The summed E-state index contributed by atoms with van der Waals surface area (Å²) in [5.41, 5.74) is 0.982. The number of hydrogen-bond donors (Lipinski definition) is 0. The van der Waals surface area contributed by atoms with E-state index in [9.17, 15) is 4.79 Å². The highest BCUT2D eigenvalue weighted by Crippen LogP contribution is 2.22. The minimum absolute atomic E-state index is 0.00938. The summed E-state index contributed by atoms with van der Waals surface area (Å²) in [4.78, 5) is 19.8. The molecule has 30 heavy (non-hydrogen) atoms. The number of thioether (sulfide) groups is 1. The number of aromatic nitrogens is 6. The highest BCUT2D eigenvalue weighted by Gasteiger charge is 2.11. The van der Waals surface area contributed by atoms with Crippen molar-refractivity contribution in [3.05, 3.63) is 64.8 Å². The van der Waals surface area contributed by atoms with Crippen LogP contribution in [0.25, 0.3) is 21.6 Å². The molecule has 7 nitrogen and oxygen atoms in total. The van der Waals surface area contributed by atoms with E-state index in [4.69, 9.17) is 0 Å². The Morgan fingerprint density at radius 1 is 1.13 bits per heavy atom. The zero-order valence-electron chi connectivity index (χ0n) is 16.5. The van der Waals surface area contributed by atoms with Crippen molar-refractivity contribution in [2.75, 3.05) is 5.75 Å². The maximum absolute atomic E-state index is 12.6. The van der Waals surface area contributed by atoms with Gasteiger partial charge in [-0.25, -0.2) is 4.98 Å². The molecular weight excluding hydrogens is 416 g/mol.